The van der Waals surface area contributed by atoms with E-state index in [0.717, 1.165) is 6.42 Å². The average molecular weight is 414 g/mol. The first-order chi connectivity index (χ1) is 10.9. The molecule has 0 amide bonds. The van der Waals surface area contributed by atoms with Gasteiger partial charge >= 0.3 is 0 Å². The van der Waals surface area contributed by atoms with Crippen molar-refractivity contribution in [3.05, 3.63) is 87.1 Å². The van der Waals surface area contributed by atoms with Gasteiger partial charge in [-0.15, -0.1) is 0 Å². The highest BCUT2D eigenvalue weighted by atomic mass is 127. The largest absolute Gasteiger partial charge is 0.0908 e. The predicted molar refractivity (Wildman–Crippen MR) is 110 cm³/mol. The molecule has 0 saturated carbocycles. The van der Waals surface area contributed by atoms with Gasteiger partial charge in [0, 0.05) is 14.9 Å². The van der Waals surface area contributed by atoms with Crippen molar-refractivity contribution in [2.75, 3.05) is 0 Å². The Kier molecular flexibility index (Phi) is 4.50. The smallest absolute Gasteiger partial charge is 0.0158 e. The summed E-state index contributed by atoms with van der Waals surface area (Å²) in [4.78, 5) is 0. The molecule has 0 nitrogen and oxygen atoms in total. The van der Waals surface area contributed by atoms with Crippen LogP contribution in [0.5, 0.6) is 0 Å². The molecule has 2 aliphatic carbocycles. The Morgan fingerprint density at radius 2 is 2.04 bits per heavy atom. The topological polar surface area (TPSA) is 0 Å². The molecule has 1 heteroatoms. The molecule has 2 aliphatic rings. The number of fused-ring (bicyclic) bond motifs is 1. The molecule has 23 heavy (non-hydrogen) atoms. The normalized spacial score (nSPS) is 24.8. The summed E-state index contributed by atoms with van der Waals surface area (Å²) in [5.74, 6) is 0.471. The van der Waals surface area contributed by atoms with E-state index in [1.807, 2.05) is 0 Å². The zero-order valence-electron chi connectivity index (χ0n) is 14.1. The van der Waals surface area contributed by atoms with E-state index in [4.69, 9.17) is 0 Å². The van der Waals surface area contributed by atoms with Crippen molar-refractivity contribution in [3.63, 3.8) is 0 Å². The van der Waals surface area contributed by atoms with Gasteiger partial charge in [0.2, 0.25) is 0 Å². The van der Waals surface area contributed by atoms with E-state index >= 15 is 0 Å². The number of hydrogen-bond acceptors (Lipinski definition) is 0. The summed E-state index contributed by atoms with van der Waals surface area (Å²) >= 11 is 2.39. The fourth-order valence-electron chi connectivity index (χ4n) is 3.64. The molecular formula is C22H23I. The third-order valence-electron chi connectivity index (χ3n) is 5.05. The van der Waals surface area contributed by atoms with E-state index in [9.17, 15) is 0 Å². The summed E-state index contributed by atoms with van der Waals surface area (Å²) in [6, 6.07) is 8.67. The van der Waals surface area contributed by atoms with Crippen LogP contribution >= 0.6 is 22.6 Å². The minimum absolute atomic E-state index is 0.0184. The van der Waals surface area contributed by atoms with Gasteiger partial charge in [-0.3, -0.25) is 0 Å². The van der Waals surface area contributed by atoms with Gasteiger partial charge in [-0.25, -0.2) is 0 Å². The third kappa shape index (κ3) is 2.91. The standard InChI is InChI=1S/C22H23I/c1-5-16(17-10-12-18(23)13-11-17)14-21-15(2)19-8-6-7-9-20(19)22(21,3)4/h5-10,12-14,17H,2,11H2,1,3-4H3/b16-5+,21-14+. The molecule has 118 valence electrons. The van der Waals surface area contributed by atoms with E-state index in [2.05, 4.69) is 105 Å². The van der Waals surface area contributed by atoms with Gasteiger partial charge in [-0.1, -0.05) is 75.1 Å². The highest BCUT2D eigenvalue weighted by Gasteiger charge is 2.37. The minimum Gasteiger partial charge on any atom is -0.0908 e. The van der Waals surface area contributed by atoms with Gasteiger partial charge in [0.05, 0.1) is 0 Å². The molecule has 1 aromatic carbocycles. The quantitative estimate of drug-likeness (QED) is 0.469. The van der Waals surface area contributed by atoms with Crippen molar-refractivity contribution < 1.29 is 0 Å². The Hall–Kier alpha value is -1.35. The maximum Gasteiger partial charge on any atom is 0.0158 e. The molecule has 1 atom stereocenters. The van der Waals surface area contributed by atoms with Crippen LogP contribution in [0.1, 0.15) is 38.3 Å². The van der Waals surface area contributed by atoms with E-state index in [0.29, 0.717) is 5.92 Å². The van der Waals surface area contributed by atoms with Gasteiger partial charge in [0.1, 0.15) is 0 Å². The summed E-state index contributed by atoms with van der Waals surface area (Å²) in [6.07, 6.45) is 12.6. The SMILES string of the molecule is C=C1/C(=C\C(=C/C)C2C=CC(I)=CC2)C(C)(C)c2ccccc21. The number of rotatable bonds is 2. The van der Waals surface area contributed by atoms with E-state index in [-0.39, 0.29) is 5.41 Å². The van der Waals surface area contributed by atoms with Gasteiger partial charge in [0.25, 0.3) is 0 Å². The monoisotopic (exact) mass is 414 g/mol. The number of allylic oxidation sites excluding steroid dienone is 9. The molecule has 0 aliphatic heterocycles. The zero-order chi connectivity index (χ0) is 16.6. The first-order valence-electron chi connectivity index (χ1n) is 8.16. The third-order valence-corrected chi connectivity index (χ3v) is 5.85. The predicted octanol–water partition coefficient (Wildman–Crippen LogP) is 6.76. The highest BCUT2D eigenvalue weighted by Crippen LogP contribution is 2.49. The molecule has 0 saturated heterocycles. The summed E-state index contributed by atoms with van der Waals surface area (Å²) in [7, 11) is 0. The summed E-state index contributed by atoms with van der Waals surface area (Å²) in [5, 5.41) is 0. The second kappa shape index (κ2) is 6.27. The molecule has 0 fully saturated rings. The van der Waals surface area contributed by atoms with Gasteiger partial charge in [-0.2, -0.15) is 0 Å². The molecule has 0 N–H and O–H groups in total. The number of halogens is 1. The lowest BCUT2D eigenvalue weighted by Gasteiger charge is -2.24. The van der Waals surface area contributed by atoms with Crippen LogP contribution in [0.25, 0.3) is 5.57 Å². The summed E-state index contributed by atoms with van der Waals surface area (Å²) < 4.78 is 1.33. The Morgan fingerprint density at radius 3 is 2.65 bits per heavy atom. The Morgan fingerprint density at radius 1 is 1.30 bits per heavy atom. The molecule has 0 bridgehead atoms. The molecule has 0 spiro atoms. The van der Waals surface area contributed by atoms with Crippen LogP contribution in [0.3, 0.4) is 0 Å². The molecule has 0 heterocycles. The Labute approximate surface area is 153 Å². The minimum atomic E-state index is 0.0184. The van der Waals surface area contributed by atoms with E-state index in [1.165, 1.54) is 31.4 Å². The highest BCUT2D eigenvalue weighted by molar-refractivity contribution is 14.1. The van der Waals surface area contributed by atoms with Crippen LogP contribution in [0.4, 0.5) is 0 Å². The van der Waals surface area contributed by atoms with Crippen molar-refractivity contribution in [2.45, 2.75) is 32.6 Å². The van der Waals surface area contributed by atoms with E-state index in [1.54, 1.807) is 0 Å². The molecule has 1 aromatic rings. The second-order valence-electron chi connectivity index (χ2n) is 6.79. The zero-order valence-corrected chi connectivity index (χ0v) is 16.2. The lowest BCUT2D eigenvalue weighted by Crippen LogP contribution is -2.16. The molecule has 3 rings (SSSR count). The molecule has 0 aromatic heterocycles. The van der Waals surface area contributed by atoms with Crippen LogP contribution in [0.15, 0.2) is 76.0 Å². The van der Waals surface area contributed by atoms with Gasteiger partial charge in [0.15, 0.2) is 0 Å². The lowest BCUT2D eigenvalue weighted by molar-refractivity contribution is 0.657. The molecule has 0 radical (unpaired) electrons. The maximum absolute atomic E-state index is 4.39. The van der Waals surface area contributed by atoms with Crippen LogP contribution in [-0.4, -0.2) is 0 Å². The Bertz CT molecular complexity index is 769. The first kappa shape index (κ1) is 16.5. The molecular weight excluding hydrogens is 391 g/mol. The second-order valence-corrected chi connectivity index (χ2v) is 8.03. The first-order valence-corrected chi connectivity index (χ1v) is 9.24. The van der Waals surface area contributed by atoms with Crippen LogP contribution < -0.4 is 0 Å². The number of benzene rings is 1. The van der Waals surface area contributed by atoms with Crippen LogP contribution in [0, 0.1) is 5.92 Å². The van der Waals surface area contributed by atoms with Crippen LogP contribution in [-0.2, 0) is 5.41 Å². The fourth-order valence-corrected chi connectivity index (χ4v) is 4.10. The summed E-state index contributed by atoms with van der Waals surface area (Å²) in [5.41, 5.74) is 6.62. The van der Waals surface area contributed by atoms with Crippen molar-refractivity contribution in [1.29, 1.82) is 0 Å². The average Bonchev–Trinajstić information content (AvgIpc) is 2.74. The molecule has 1 unspecified atom stereocenters. The van der Waals surface area contributed by atoms with Crippen molar-refractivity contribution in [3.8, 4) is 0 Å². The lowest BCUT2D eigenvalue weighted by atomic mass is 9.80. The fraction of sp³-hybridized carbons (Fsp3) is 0.273. The van der Waals surface area contributed by atoms with E-state index < -0.39 is 0 Å². The Balaban J connectivity index is 2.00. The van der Waals surface area contributed by atoms with Gasteiger partial charge in [-0.05, 0) is 63.8 Å². The van der Waals surface area contributed by atoms with Crippen molar-refractivity contribution >= 4 is 28.2 Å². The summed E-state index contributed by atoms with van der Waals surface area (Å²) in [6.45, 7) is 11.1. The van der Waals surface area contributed by atoms with Crippen LogP contribution in [0.2, 0.25) is 0 Å². The van der Waals surface area contributed by atoms with Crippen molar-refractivity contribution in [2.24, 2.45) is 5.92 Å². The van der Waals surface area contributed by atoms with Crippen molar-refractivity contribution in [1.82, 2.24) is 0 Å². The number of hydrogen-bond donors (Lipinski definition) is 0. The maximum atomic E-state index is 4.39. The van der Waals surface area contributed by atoms with Gasteiger partial charge < -0.3 is 0 Å².